The monoisotopic (exact) mass is 277 g/mol. The lowest BCUT2D eigenvalue weighted by atomic mass is 9.87. The molecule has 1 aromatic carbocycles. The van der Waals surface area contributed by atoms with Gasteiger partial charge in [-0.05, 0) is 27.6 Å². The molecule has 2 heterocycles. The number of benzene rings is 1. The molecule has 4 heteroatoms. The van der Waals surface area contributed by atoms with Crippen LogP contribution in [0.4, 0.5) is 5.69 Å². The minimum Gasteiger partial charge on any atom is -0.383 e. The SMILES string of the molecule is CC1(C)CNc2c1cc1nccnc1c2Br. The van der Waals surface area contributed by atoms with E-state index >= 15 is 0 Å². The number of hydrogen-bond acceptors (Lipinski definition) is 3. The molecule has 3 nitrogen and oxygen atoms in total. The Morgan fingerprint density at radius 3 is 2.88 bits per heavy atom. The van der Waals surface area contributed by atoms with Crippen LogP contribution in [-0.4, -0.2) is 16.5 Å². The average Bonchev–Trinajstić information content (AvgIpc) is 2.56. The number of fused-ring (bicyclic) bond motifs is 2. The molecule has 0 saturated heterocycles. The molecule has 0 aliphatic carbocycles. The second-order valence-electron chi connectivity index (χ2n) is 4.77. The first-order valence-corrected chi connectivity index (χ1v) is 6.06. The number of rotatable bonds is 0. The number of aromatic nitrogens is 2. The molecule has 0 saturated carbocycles. The van der Waals surface area contributed by atoms with Gasteiger partial charge in [-0.1, -0.05) is 13.8 Å². The van der Waals surface area contributed by atoms with Crippen LogP contribution < -0.4 is 5.32 Å². The summed E-state index contributed by atoms with van der Waals surface area (Å²) in [6, 6.07) is 2.14. The highest BCUT2D eigenvalue weighted by Gasteiger charge is 2.32. The maximum atomic E-state index is 4.36. The summed E-state index contributed by atoms with van der Waals surface area (Å²) >= 11 is 3.62. The van der Waals surface area contributed by atoms with Gasteiger partial charge < -0.3 is 5.32 Å². The van der Waals surface area contributed by atoms with Gasteiger partial charge >= 0.3 is 0 Å². The fraction of sp³-hybridized carbons (Fsp3) is 0.333. The van der Waals surface area contributed by atoms with E-state index in [2.05, 4.69) is 51.1 Å². The second-order valence-corrected chi connectivity index (χ2v) is 5.57. The summed E-state index contributed by atoms with van der Waals surface area (Å²) in [6.45, 7) is 5.43. The van der Waals surface area contributed by atoms with Gasteiger partial charge in [0.15, 0.2) is 0 Å². The van der Waals surface area contributed by atoms with Gasteiger partial charge in [0.2, 0.25) is 0 Å². The largest absolute Gasteiger partial charge is 0.383 e. The molecule has 16 heavy (non-hydrogen) atoms. The van der Waals surface area contributed by atoms with Gasteiger partial charge in [0, 0.05) is 24.4 Å². The fourth-order valence-electron chi connectivity index (χ4n) is 2.18. The van der Waals surface area contributed by atoms with Crippen LogP contribution in [-0.2, 0) is 5.41 Å². The van der Waals surface area contributed by atoms with E-state index in [0.29, 0.717) is 0 Å². The molecule has 0 unspecified atom stereocenters. The van der Waals surface area contributed by atoms with Crippen LogP contribution in [0.15, 0.2) is 22.9 Å². The van der Waals surface area contributed by atoms with Crippen molar-refractivity contribution in [2.45, 2.75) is 19.3 Å². The van der Waals surface area contributed by atoms with E-state index in [0.717, 1.165) is 27.7 Å². The minimum absolute atomic E-state index is 0.156. The normalized spacial score (nSPS) is 17.2. The molecule has 0 spiro atoms. The zero-order valence-electron chi connectivity index (χ0n) is 9.21. The van der Waals surface area contributed by atoms with E-state index in [1.807, 2.05) is 0 Å². The molecule has 0 fully saturated rings. The highest BCUT2D eigenvalue weighted by Crippen LogP contribution is 2.43. The molecule has 3 rings (SSSR count). The maximum absolute atomic E-state index is 4.36. The number of nitrogens with zero attached hydrogens (tertiary/aromatic N) is 2. The Bertz CT molecular complexity index is 578. The van der Waals surface area contributed by atoms with Crippen molar-refractivity contribution in [3.63, 3.8) is 0 Å². The third-order valence-electron chi connectivity index (χ3n) is 3.14. The summed E-state index contributed by atoms with van der Waals surface area (Å²) in [5.74, 6) is 0. The highest BCUT2D eigenvalue weighted by molar-refractivity contribution is 9.10. The molecule has 2 aromatic rings. The molecule has 0 atom stereocenters. The highest BCUT2D eigenvalue weighted by atomic mass is 79.9. The van der Waals surface area contributed by atoms with Crippen LogP contribution >= 0.6 is 15.9 Å². The van der Waals surface area contributed by atoms with Crippen LogP contribution in [0.2, 0.25) is 0 Å². The predicted molar refractivity (Wildman–Crippen MR) is 68.8 cm³/mol. The van der Waals surface area contributed by atoms with Gasteiger partial charge in [-0.25, -0.2) is 0 Å². The smallest absolute Gasteiger partial charge is 0.105 e. The topological polar surface area (TPSA) is 37.8 Å². The summed E-state index contributed by atoms with van der Waals surface area (Å²) in [5.41, 5.74) is 4.51. The third kappa shape index (κ3) is 1.26. The van der Waals surface area contributed by atoms with E-state index in [-0.39, 0.29) is 5.41 Å². The molecular formula is C12H12BrN3. The predicted octanol–water partition coefficient (Wildman–Crippen LogP) is 3.10. The van der Waals surface area contributed by atoms with E-state index in [1.54, 1.807) is 12.4 Å². The number of hydrogen-bond donors (Lipinski definition) is 1. The first-order chi connectivity index (χ1) is 7.59. The average molecular weight is 278 g/mol. The van der Waals surface area contributed by atoms with Crippen molar-refractivity contribution < 1.29 is 0 Å². The molecule has 1 aromatic heterocycles. The van der Waals surface area contributed by atoms with Gasteiger partial charge in [-0.3, -0.25) is 9.97 Å². The zero-order chi connectivity index (χ0) is 11.3. The quantitative estimate of drug-likeness (QED) is 0.804. The van der Waals surface area contributed by atoms with Crippen molar-refractivity contribution in [3.8, 4) is 0 Å². The molecule has 0 bridgehead atoms. The summed E-state index contributed by atoms with van der Waals surface area (Å²) in [4.78, 5) is 8.72. The summed E-state index contributed by atoms with van der Waals surface area (Å²) in [5, 5.41) is 3.44. The van der Waals surface area contributed by atoms with Crippen LogP contribution in [0.1, 0.15) is 19.4 Å². The fourth-order valence-corrected chi connectivity index (χ4v) is 2.84. The summed E-state index contributed by atoms with van der Waals surface area (Å²) < 4.78 is 1.03. The second kappa shape index (κ2) is 3.17. The van der Waals surface area contributed by atoms with Gasteiger partial charge in [0.05, 0.1) is 15.7 Å². The number of anilines is 1. The Hall–Kier alpha value is -1.16. The van der Waals surface area contributed by atoms with Crippen molar-refractivity contribution >= 4 is 32.7 Å². The Morgan fingerprint density at radius 1 is 1.31 bits per heavy atom. The van der Waals surface area contributed by atoms with Gasteiger partial charge in [-0.15, -0.1) is 0 Å². The van der Waals surface area contributed by atoms with E-state index in [9.17, 15) is 0 Å². The van der Waals surface area contributed by atoms with Gasteiger partial charge in [-0.2, -0.15) is 0 Å². The van der Waals surface area contributed by atoms with Crippen molar-refractivity contribution in [2.24, 2.45) is 0 Å². The lowest BCUT2D eigenvalue weighted by Crippen LogP contribution is -2.18. The third-order valence-corrected chi connectivity index (χ3v) is 3.91. The zero-order valence-corrected chi connectivity index (χ0v) is 10.8. The van der Waals surface area contributed by atoms with E-state index in [4.69, 9.17) is 0 Å². The molecule has 1 N–H and O–H groups in total. The van der Waals surface area contributed by atoms with Crippen molar-refractivity contribution in [3.05, 3.63) is 28.5 Å². The van der Waals surface area contributed by atoms with Crippen molar-refractivity contribution in [1.29, 1.82) is 0 Å². The number of nitrogens with one attached hydrogen (secondary N) is 1. The Kier molecular flexibility index (Phi) is 1.98. The molecule has 0 amide bonds. The van der Waals surface area contributed by atoms with Crippen LogP contribution in [0.3, 0.4) is 0 Å². The molecule has 82 valence electrons. The standard InChI is InChI=1S/C12H12BrN3/c1-12(2)6-16-10-7(12)5-8-11(9(10)13)15-4-3-14-8/h3-5,16H,6H2,1-2H3. The lowest BCUT2D eigenvalue weighted by Gasteiger charge is -2.17. The number of halogens is 1. The Morgan fingerprint density at radius 2 is 2.06 bits per heavy atom. The van der Waals surface area contributed by atoms with Crippen molar-refractivity contribution in [2.75, 3.05) is 11.9 Å². The minimum atomic E-state index is 0.156. The van der Waals surface area contributed by atoms with E-state index in [1.165, 1.54) is 5.56 Å². The van der Waals surface area contributed by atoms with Crippen LogP contribution in [0.25, 0.3) is 11.0 Å². The Labute approximate surface area is 102 Å². The molecule has 1 aliphatic heterocycles. The first kappa shape index (κ1) is 10.0. The molecule has 0 radical (unpaired) electrons. The van der Waals surface area contributed by atoms with Gasteiger partial charge in [0.25, 0.3) is 0 Å². The summed E-state index contributed by atoms with van der Waals surface area (Å²) in [6.07, 6.45) is 3.45. The maximum Gasteiger partial charge on any atom is 0.105 e. The van der Waals surface area contributed by atoms with Gasteiger partial charge in [0.1, 0.15) is 5.52 Å². The van der Waals surface area contributed by atoms with Crippen LogP contribution in [0, 0.1) is 0 Å². The summed E-state index contributed by atoms with van der Waals surface area (Å²) in [7, 11) is 0. The Balaban J connectivity index is 2.41. The van der Waals surface area contributed by atoms with E-state index < -0.39 is 0 Å². The van der Waals surface area contributed by atoms with Crippen molar-refractivity contribution in [1.82, 2.24) is 9.97 Å². The van der Waals surface area contributed by atoms with Crippen LogP contribution in [0.5, 0.6) is 0 Å². The first-order valence-electron chi connectivity index (χ1n) is 5.27. The lowest BCUT2D eigenvalue weighted by molar-refractivity contribution is 0.586. The molecule has 1 aliphatic rings. The molecular weight excluding hydrogens is 266 g/mol.